The van der Waals surface area contributed by atoms with Crippen LogP contribution in [0.1, 0.15) is 11.3 Å². The van der Waals surface area contributed by atoms with Crippen LogP contribution < -0.4 is 0 Å². The molecule has 0 spiro atoms. The minimum absolute atomic E-state index is 0.0767. The molecule has 0 saturated carbocycles. The van der Waals surface area contributed by atoms with E-state index < -0.39 is 0 Å². The molecule has 0 aliphatic rings. The molecule has 2 aromatic rings. The summed E-state index contributed by atoms with van der Waals surface area (Å²) in [6.45, 7) is 2.03. The van der Waals surface area contributed by atoms with Crippen molar-refractivity contribution < 1.29 is 5.11 Å². The molecule has 2 rings (SSSR count). The Hall–Kier alpha value is -1.39. The Morgan fingerprint density at radius 2 is 2.25 bits per heavy atom. The van der Waals surface area contributed by atoms with Crippen molar-refractivity contribution in [3.05, 3.63) is 40.7 Å². The Kier molecular flexibility index (Phi) is 3.22. The van der Waals surface area contributed by atoms with Gasteiger partial charge in [0, 0.05) is 18.1 Å². The zero-order chi connectivity index (χ0) is 11.5. The summed E-state index contributed by atoms with van der Waals surface area (Å²) in [6, 6.07) is 5.71. The first-order valence-electron chi connectivity index (χ1n) is 4.99. The number of aromatic nitrogens is 3. The molecule has 1 N–H and O–H groups in total. The first-order valence-corrected chi connectivity index (χ1v) is 5.37. The van der Waals surface area contributed by atoms with Gasteiger partial charge in [0.25, 0.3) is 0 Å². The van der Waals surface area contributed by atoms with Crippen molar-refractivity contribution in [2.45, 2.75) is 13.3 Å². The van der Waals surface area contributed by atoms with E-state index in [2.05, 4.69) is 10.3 Å². The highest BCUT2D eigenvalue weighted by molar-refractivity contribution is 6.31. The van der Waals surface area contributed by atoms with Gasteiger partial charge in [0.15, 0.2) is 0 Å². The van der Waals surface area contributed by atoms with Crippen LogP contribution in [-0.4, -0.2) is 26.7 Å². The Balaban J connectivity index is 2.31. The van der Waals surface area contributed by atoms with Crippen LogP contribution in [0.4, 0.5) is 0 Å². The third kappa shape index (κ3) is 2.23. The summed E-state index contributed by atoms with van der Waals surface area (Å²) in [6.07, 6.45) is 2.30. The molecule has 0 bridgehead atoms. The Morgan fingerprint density at radius 1 is 1.44 bits per heavy atom. The highest BCUT2D eigenvalue weighted by Gasteiger charge is 2.03. The second-order valence-electron chi connectivity index (χ2n) is 3.56. The van der Waals surface area contributed by atoms with E-state index in [4.69, 9.17) is 16.7 Å². The lowest BCUT2D eigenvalue weighted by molar-refractivity contribution is 0.298. The Morgan fingerprint density at radius 3 is 2.94 bits per heavy atom. The molecule has 1 aromatic carbocycles. The van der Waals surface area contributed by atoms with Gasteiger partial charge in [0.05, 0.1) is 17.6 Å². The molecule has 0 saturated heterocycles. The molecular formula is C11H12ClN3O. The van der Waals surface area contributed by atoms with Crippen LogP contribution in [0.5, 0.6) is 0 Å². The summed E-state index contributed by atoms with van der Waals surface area (Å²) < 4.78 is 1.65. The van der Waals surface area contributed by atoms with E-state index in [1.807, 2.05) is 25.1 Å². The maximum Gasteiger partial charge on any atom is 0.0854 e. The lowest BCUT2D eigenvalue weighted by Gasteiger charge is -2.02. The van der Waals surface area contributed by atoms with E-state index in [1.54, 1.807) is 10.9 Å². The van der Waals surface area contributed by atoms with Crippen LogP contribution in [0.2, 0.25) is 5.02 Å². The van der Waals surface area contributed by atoms with Gasteiger partial charge in [0.2, 0.25) is 0 Å². The Labute approximate surface area is 98.5 Å². The minimum Gasteiger partial charge on any atom is -0.396 e. The number of aliphatic hydroxyl groups excluding tert-OH is 1. The van der Waals surface area contributed by atoms with Gasteiger partial charge in [-0.05, 0) is 24.6 Å². The predicted molar refractivity (Wildman–Crippen MR) is 61.9 cm³/mol. The topological polar surface area (TPSA) is 50.9 Å². The predicted octanol–water partition coefficient (Wildman–Crippen LogP) is 1.76. The fourth-order valence-electron chi connectivity index (χ4n) is 1.38. The summed E-state index contributed by atoms with van der Waals surface area (Å²) in [5.41, 5.74) is 2.66. The fourth-order valence-corrected chi connectivity index (χ4v) is 1.55. The second-order valence-corrected chi connectivity index (χ2v) is 3.97. The third-order valence-electron chi connectivity index (χ3n) is 2.33. The third-order valence-corrected chi connectivity index (χ3v) is 2.74. The van der Waals surface area contributed by atoms with E-state index in [-0.39, 0.29) is 6.61 Å². The number of aliphatic hydroxyl groups is 1. The molecule has 16 heavy (non-hydrogen) atoms. The molecule has 0 aliphatic carbocycles. The highest BCUT2D eigenvalue weighted by atomic mass is 35.5. The summed E-state index contributed by atoms with van der Waals surface area (Å²) in [5, 5.41) is 17.4. The van der Waals surface area contributed by atoms with Crippen molar-refractivity contribution in [2.75, 3.05) is 6.61 Å². The van der Waals surface area contributed by atoms with Crippen molar-refractivity contribution in [1.29, 1.82) is 0 Å². The number of aryl methyl sites for hydroxylation is 1. The first-order chi connectivity index (χ1) is 7.70. The maximum atomic E-state index is 8.78. The molecule has 0 unspecified atom stereocenters. The molecule has 0 atom stereocenters. The van der Waals surface area contributed by atoms with Crippen LogP contribution in [0, 0.1) is 6.92 Å². The molecule has 0 amide bonds. The van der Waals surface area contributed by atoms with Crippen molar-refractivity contribution in [3.8, 4) is 5.69 Å². The molecule has 4 nitrogen and oxygen atoms in total. The normalized spacial score (nSPS) is 10.7. The van der Waals surface area contributed by atoms with E-state index in [9.17, 15) is 0 Å². The average molecular weight is 238 g/mol. The van der Waals surface area contributed by atoms with Crippen LogP contribution >= 0.6 is 11.6 Å². The zero-order valence-electron chi connectivity index (χ0n) is 8.89. The van der Waals surface area contributed by atoms with Crippen molar-refractivity contribution in [3.63, 3.8) is 0 Å². The number of halogens is 1. The van der Waals surface area contributed by atoms with E-state index in [1.165, 1.54) is 0 Å². The van der Waals surface area contributed by atoms with Crippen LogP contribution in [0.25, 0.3) is 5.69 Å². The van der Waals surface area contributed by atoms with Gasteiger partial charge in [-0.3, -0.25) is 0 Å². The molecule has 1 aromatic heterocycles. The molecule has 0 radical (unpaired) electrons. The summed E-state index contributed by atoms with van der Waals surface area (Å²) >= 11 is 6.03. The highest BCUT2D eigenvalue weighted by Crippen LogP contribution is 2.18. The zero-order valence-corrected chi connectivity index (χ0v) is 9.65. The van der Waals surface area contributed by atoms with Gasteiger partial charge >= 0.3 is 0 Å². The van der Waals surface area contributed by atoms with Crippen molar-refractivity contribution >= 4 is 11.6 Å². The van der Waals surface area contributed by atoms with E-state index in [0.29, 0.717) is 11.4 Å². The summed E-state index contributed by atoms with van der Waals surface area (Å²) in [7, 11) is 0. The molecule has 0 fully saturated rings. The van der Waals surface area contributed by atoms with Crippen molar-refractivity contribution in [2.24, 2.45) is 0 Å². The lowest BCUT2D eigenvalue weighted by Crippen LogP contribution is -1.95. The van der Waals surface area contributed by atoms with Crippen LogP contribution in [-0.2, 0) is 6.42 Å². The second kappa shape index (κ2) is 4.63. The monoisotopic (exact) mass is 237 g/mol. The quantitative estimate of drug-likeness (QED) is 0.885. The molecule has 84 valence electrons. The fraction of sp³-hybridized carbons (Fsp3) is 0.273. The summed E-state index contributed by atoms with van der Waals surface area (Å²) in [5.74, 6) is 0. The number of rotatable bonds is 3. The molecule has 1 heterocycles. The average Bonchev–Trinajstić information content (AvgIpc) is 2.71. The summed E-state index contributed by atoms with van der Waals surface area (Å²) in [4.78, 5) is 0. The lowest BCUT2D eigenvalue weighted by atomic mass is 10.2. The first kappa shape index (κ1) is 11.1. The molecule has 0 aliphatic heterocycles. The number of hydrogen-bond acceptors (Lipinski definition) is 3. The Bertz CT molecular complexity index is 496. The van der Waals surface area contributed by atoms with Gasteiger partial charge < -0.3 is 5.11 Å². The van der Waals surface area contributed by atoms with Crippen LogP contribution in [0.3, 0.4) is 0 Å². The molecule has 5 heteroatoms. The standard InChI is InChI=1S/C11H12ClN3O/c1-8-2-3-10(6-11(8)12)15-7-9(4-5-16)13-14-15/h2-3,6-7,16H,4-5H2,1H3. The maximum absolute atomic E-state index is 8.78. The van der Waals surface area contributed by atoms with Gasteiger partial charge in [-0.1, -0.05) is 22.9 Å². The van der Waals surface area contributed by atoms with Gasteiger partial charge in [-0.15, -0.1) is 5.10 Å². The van der Waals surface area contributed by atoms with E-state index in [0.717, 1.165) is 16.9 Å². The number of hydrogen-bond donors (Lipinski definition) is 1. The minimum atomic E-state index is 0.0767. The molecular weight excluding hydrogens is 226 g/mol. The van der Waals surface area contributed by atoms with Gasteiger partial charge in [-0.25, -0.2) is 4.68 Å². The van der Waals surface area contributed by atoms with Gasteiger partial charge in [-0.2, -0.15) is 0 Å². The van der Waals surface area contributed by atoms with Crippen LogP contribution in [0.15, 0.2) is 24.4 Å². The van der Waals surface area contributed by atoms with Crippen molar-refractivity contribution in [1.82, 2.24) is 15.0 Å². The SMILES string of the molecule is Cc1ccc(-n2cc(CCO)nn2)cc1Cl. The largest absolute Gasteiger partial charge is 0.396 e. The van der Waals surface area contributed by atoms with Gasteiger partial charge in [0.1, 0.15) is 0 Å². The number of benzene rings is 1. The smallest absolute Gasteiger partial charge is 0.0854 e. The van der Waals surface area contributed by atoms with E-state index >= 15 is 0 Å². The number of nitrogens with zero attached hydrogens (tertiary/aromatic N) is 3.